The highest BCUT2D eigenvalue weighted by Gasteiger charge is 2.13. The number of hydrogen-bond acceptors (Lipinski definition) is 5. The van der Waals surface area contributed by atoms with Crippen LogP contribution in [0, 0.1) is 5.82 Å². The Morgan fingerprint density at radius 3 is 2.48 bits per heavy atom. The molecule has 0 saturated carbocycles. The van der Waals surface area contributed by atoms with E-state index in [4.69, 9.17) is 14.7 Å². The number of nitrogens with one attached hydrogen (secondary N) is 1. The van der Waals surface area contributed by atoms with E-state index in [-0.39, 0.29) is 17.5 Å². The van der Waals surface area contributed by atoms with Crippen LogP contribution >= 0.6 is 11.8 Å². The first-order valence-corrected chi connectivity index (χ1v) is 10.7. The quantitative estimate of drug-likeness (QED) is 0.411. The van der Waals surface area contributed by atoms with E-state index in [1.807, 2.05) is 36.4 Å². The Kier molecular flexibility index (Phi) is 6.43. The number of para-hydroxylation sites is 2. The molecule has 0 spiro atoms. The van der Waals surface area contributed by atoms with Gasteiger partial charge in [0.15, 0.2) is 0 Å². The van der Waals surface area contributed by atoms with Gasteiger partial charge < -0.3 is 10.1 Å². The molecule has 0 aliphatic rings. The fourth-order valence-electron chi connectivity index (χ4n) is 3.08. The molecule has 0 aliphatic heterocycles. The summed E-state index contributed by atoms with van der Waals surface area (Å²) in [4.78, 5) is 22.0. The highest BCUT2D eigenvalue weighted by atomic mass is 32.2. The zero-order valence-corrected chi connectivity index (χ0v) is 17.7. The Hall–Kier alpha value is -3.45. The predicted octanol–water partition coefficient (Wildman–Crippen LogP) is 5.10. The van der Waals surface area contributed by atoms with E-state index in [0.29, 0.717) is 22.9 Å². The second-order valence-corrected chi connectivity index (χ2v) is 7.80. The number of carbonyl (C=O) groups excluding carboxylic acids is 1. The molecule has 1 aromatic heterocycles. The van der Waals surface area contributed by atoms with Gasteiger partial charge in [0.1, 0.15) is 16.6 Å². The van der Waals surface area contributed by atoms with Crippen LogP contribution in [0.3, 0.4) is 0 Å². The van der Waals surface area contributed by atoms with Crippen molar-refractivity contribution in [2.24, 2.45) is 0 Å². The highest BCUT2D eigenvalue weighted by Crippen LogP contribution is 2.25. The number of nitrogens with zero attached hydrogens (tertiary/aromatic N) is 2. The molecule has 1 amide bonds. The summed E-state index contributed by atoms with van der Waals surface area (Å²) >= 11 is 1.33. The number of methoxy groups -OCH3 is 1. The molecule has 0 saturated heterocycles. The van der Waals surface area contributed by atoms with E-state index in [1.54, 1.807) is 31.4 Å². The monoisotopic (exact) mass is 433 g/mol. The lowest BCUT2D eigenvalue weighted by Crippen LogP contribution is -2.14. The number of benzene rings is 3. The predicted molar refractivity (Wildman–Crippen MR) is 121 cm³/mol. The first kappa shape index (κ1) is 20.8. The van der Waals surface area contributed by atoms with Gasteiger partial charge in [0.05, 0.1) is 29.6 Å². The van der Waals surface area contributed by atoms with Crippen molar-refractivity contribution in [1.29, 1.82) is 0 Å². The highest BCUT2D eigenvalue weighted by molar-refractivity contribution is 8.00. The Balaban J connectivity index is 1.53. The van der Waals surface area contributed by atoms with Crippen LogP contribution in [0.15, 0.2) is 77.8 Å². The largest absolute Gasteiger partial charge is 0.497 e. The molecule has 1 N–H and O–H groups in total. The fraction of sp³-hybridized carbons (Fsp3) is 0.125. The Morgan fingerprint density at radius 2 is 1.74 bits per heavy atom. The first-order chi connectivity index (χ1) is 15.1. The maximum atomic E-state index is 13.3. The standard InChI is InChI=1S/C24H20FN3O2S/c1-30-19-6-4-5-18(14-19)26-23(29)15-31-24-22(13-16-9-11-17(25)12-10-16)27-20-7-2-3-8-21(20)28-24/h2-12,14H,13,15H2,1H3,(H,26,29). The lowest BCUT2D eigenvalue weighted by molar-refractivity contribution is -0.113. The average Bonchev–Trinajstić information content (AvgIpc) is 2.79. The average molecular weight is 434 g/mol. The van der Waals surface area contributed by atoms with Crippen LogP contribution in [0.1, 0.15) is 11.3 Å². The van der Waals surface area contributed by atoms with Crippen LogP contribution in [-0.4, -0.2) is 28.7 Å². The van der Waals surface area contributed by atoms with Gasteiger partial charge in [-0.3, -0.25) is 4.79 Å². The maximum Gasteiger partial charge on any atom is 0.234 e. The zero-order valence-electron chi connectivity index (χ0n) is 16.8. The lowest BCUT2D eigenvalue weighted by atomic mass is 10.1. The van der Waals surface area contributed by atoms with Gasteiger partial charge in [-0.05, 0) is 42.0 Å². The number of anilines is 1. The molecular weight excluding hydrogens is 413 g/mol. The van der Waals surface area contributed by atoms with E-state index >= 15 is 0 Å². The first-order valence-electron chi connectivity index (χ1n) is 9.67. The summed E-state index contributed by atoms with van der Waals surface area (Å²) in [5.74, 6) is 0.422. The molecule has 1 heterocycles. The molecule has 0 fully saturated rings. The molecule has 31 heavy (non-hydrogen) atoms. The summed E-state index contributed by atoms with van der Waals surface area (Å²) in [7, 11) is 1.58. The van der Waals surface area contributed by atoms with Crippen molar-refractivity contribution in [3.05, 3.63) is 89.9 Å². The van der Waals surface area contributed by atoms with Crippen molar-refractivity contribution in [3.8, 4) is 5.75 Å². The van der Waals surface area contributed by atoms with Gasteiger partial charge in [-0.1, -0.05) is 42.1 Å². The molecule has 4 aromatic rings. The van der Waals surface area contributed by atoms with Crippen molar-refractivity contribution < 1.29 is 13.9 Å². The number of hydrogen-bond donors (Lipinski definition) is 1. The maximum absolute atomic E-state index is 13.3. The number of ether oxygens (including phenoxy) is 1. The van der Waals surface area contributed by atoms with Gasteiger partial charge in [0, 0.05) is 18.2 Å². The molecule has 0 atom stereocenters. The van der Waals surface area contributed by atoms with E-state index in [1.165, 1.54) is 23.9 Å². The number of halogens is 1. The number of thioether (sulfide) groups is 1. The van der Waals surface area contributed by atoms with Crippen molar-refractivity contribution >= 4 is 34.4 Å². The zero-order chi connectivity index (χ0) is 21.6. The smallest absolute Gasteiger partial charge is 0.234 e. The molecule has 5 nitrogen and oxygen atoms in total. The molecule has 4 rings (SSSR count). The van der Waals surface area contributed by atoms with Crippen LogP contribution in [0.2, 0.25) is 0 Å². The van der Waals surface area contributed by atoms with Gasteiger partial charge in [-0.25, -0.2) is 14.4 Å². The lowest BCUT2D eigenvalue weighted by Gasteiger charge is -2.10. The van der Waals surface area contributed by atoms with Crippen molar-refractivity contribution in [2.45, 2.75) is 11.4 Å². The van der Waals surface area contributed by atoms with Gasteiger partial charge in [-0.2, -0.15) is 0 Å². The minimum atomic E-state index is -0.280. The van der Waals surface area contributed by atoms with Crippen molar-refractivity contribution in [2.75, 3.05) is 18.2 Å². The third-order valence-corrected chi connectivity index (χ3v) is 5.59. The topological polar surface area (TPSA) is 64.1 Å². The second-order valence-electron chi connectivity index (χ2n) is 6.84. The van der Waals surface area contributed by atoms with Gasteiger partial charge in [-0.15, -0.1) is 0 Å². The number of fused-ring (bicyclic) bond motifs is 1. The minimum absolute atomic E-state index is 0.152. The van der Waals surface area contributed by atoms with Crippen LogP contribution in [0.25, 0.3) is 11.0 Å². The number of rotatable bonds is 7. The fourth-order valence-corrected chi connectivity index (χ4v) is 3.87. The van der Waals surface area contributed by atoms with E-state index in [0.717, 1.165) is 22.3 Å². The van der Waals surface area contributed by atoms with Crippen LogP contribution in [0.4, 0.5) is 10.1 Å². The molecule has 156 valence electrons. The Labute approximate surface area is 183 Å². The van der Waals surface area contributed by atoms with Gasteiger partial charge in [0.25, 0.3) is 0 Å². The Bertz CT molecular complexity index is 1220. The molecule has 0 radical (unpaired) electrons. The van der Waals surface area contributed by atoms with E-state index in [9.17, 15) is 9.18 Å². The molecule has 3 aromatic carbocycles. The third kappa shape index (κ3) is 5.38. The van der Waals surface area contributed by atoms with E-state index < -0.39 is 0 Å². The molecule has 0 bridgehead atoms. The summed E-state index contributed by atoms with van der Waals surface area (Å²) in [6.07, 6.45) is 0.498. The molecule has 0 aliphatic carbocycles. The molecular formula is C24H20FN3O2S. The second kappa shape index (κ2) is 9.57. The molecule has 0 unspecified atom stereocenters. The SMILES string of the molecule is COc1cccc(NC(=O)CSc2nc3ccccc3nc2Cc2ccc(F)cc2)c1. The summed E-state index contributed by atoms with van der Waals surface area (Å²) < 4.78 is 18.5. The van der Waals surface area contributed by atoms with E-state index in [2.05, 4.69) is 5.32 Å². The summed E-state index contributed by atoms with van der Waals surface area (Å²) in [5.41, 5.74) is 3.89. The van der Waals surface area contributed by atoms with Crippen LogP contribution < -0.4 is 10.1 Å². The van der Waals surface area contributed by atoms with Crippen molar-refractivity contribution in [1.82, 2.24) is 9.97 Å². The summed E-state index contributed by atoms with van der Waals surface area (Å²) in [6.45, 7) is 0. The van der Waals surface area contributed by atoms with Gasteiger partial charge >= 0.3 is 0 Å². The minimum Gasteiger partial charge on any atom is -0.497 e. The van der Waals surface area contributed by atoms with Crippen LogP contribution in [0.5, 0.6) is 5.75 Å². The van der Waals surface area contributed by atoms with Crippen LogP contribution in [-0.2, 0) is 11.2 Å². The van der Waals surface area contributed by atoms with Gasteiger partial charge in [0.2, 0.25) is 5.91 Å². The summed E-state index contributed by atoms with van der Waals surface area (Å²) in [5, 5.41) is 3.55. The van der Waals surface area contributed by atoms with Crippen molar-refractivity contribution in [3.63, 3.8) is 0 Å². The number of amides is 1. The number of carbonyl (C=O) groups is 1. The Morgan fingerprint density at radius 1 is 1.00 bits per heavy atom. The summed E-state index contributed by atoms with van der Waals surface area (Å²) in [6, 6.07) is 21.1. The number of aromatic nitrogens is 2. The molecule has 7 heteroatoms. The normalized spacial score (nSPS) is 10.8. The third-order valence-electron chi connectivity index (χ3n) is 4.58.